The van der Waals surface area contributed by atoms with Gasteiger partial charge >= 0.3 is 0 Å². The molecule has 3 nitrogen and oxygen atoms in total. The molecule has 0 spiro atoms. The van der Waals surface area contributed by atoms with Gasteiger partial charge in [-0.05, 0) is 49.2 Å². The van der Waals surface area contributed by atoms with Crippen LogP contribution in [-0.4, -0.2) is 17.0 Å². The van der Waals surface area contributed by atoms with Crippen molar-refractivity contribution in [3.63, 3.8) is 0 Å². The largest absolute Gasteiger partial charge is 0.373 e. The van der Waals surface area contributed by atoms with Gasteiger partial charge in [-0.2, -0.15) is 0 Å². The number of aromatic nitrogens is 2. The molecule has 0 bridgehead atoms. The maximum atomic E-state index is 6.03. The molecule has 0 unspecified atom stereocenters. The van der Waals surface area contributed by atoms with Crippen LogP contribution in [0.1, 0.15) is 11.1 Å². The lowest BCUT2D eigenvalue weighted by Gasteiger charge is -2.11. The quantitative estimate of drug-likeness (QED) is 0.750. The van der Waals surface area contributed by atoms with Gasteiger partial charge in [0.15, 0.2) is 5.82 Å². The van der Waals surface area contributed by atoms with E-state index in [2.05, 4.69) is 23.3 Å². The number of hydrogen-bond donors (Lipinski definition) is 1. The van der Waals surface area contributed by atoms with Crippen molar-refractivity contribution in [3.8, 4) is 11.4 Å². The molecule has 21 heavy (non-hydrogen) atoms. The lowest BCUT2D eigenvalue weighted by atomic mass is 10.1. The smallest absolute Gasteiger partial charge is 0.162 e. The highest BCUT2D eigenvalue weighted by atomic mass is 35.5. The average Bonchev–Trinajstić information content (AvgIpc) is 2.46. The third-order valence-electron chi connectivity index (χ3n) is 3.60. The van der Waals surface area contributed by atoms with Crippen molar-refractivity contribution in [1.29, 1.82) is 0 Å². The van der Waals surface area contributed by atoms with Crippen molar-refractivity contribution >= 4 is 28.3 Å². The van der Waals surface area contributed by atoms with Crippen molar-refractivity contribution < 1.29 is 0 Å². The number of halogens is 1. The molecule has 0 radical (unpaired) electrons. The van der Waals surface area contributed by atoms with Crippen LogP contribution in [0, 0.1) is 13.8 Å². The Morgan fingerprint density at radius 2 is 1.81 bits per heavy atom. The Morgan fingerprint density at radius 1 is 1.00 bits per heavy atom. The lowest BCUT2D eigenvalue weighted by molar-refractivity contribution is 1.20. The third-order valence-corrected chi connectivity index (χ3v) is 3.83. The predicted octanol–water partition coefficient (Wildman–Crippen LogP) is 4.61. The van der Waals surface area contributed by atoms with Gasteiger partial charge in [-0.1, -0.05) is 23.7 Å². The van der Waals surface area contributed by atoms with E-state index < -0.39 is 0 Å². The monoisotopic (exact) mass is 297 g/mol. The van der Waals surface area contributed by atoms with E-state index in [1.54, 1.807) is 0 Å². The Kier molecular flexibility index (Phi) is 3.52. The van der Waals surface area contributed by atoms with Crippen molar-refractivity contribution in [2.24, 2.45) is 0 Å². The first-order chi connectivity index (χ1) is 10.1. The van der Waals surface area contributed by atoms with Gasteiger partial charge in [0.25, 0.3) is 0 Å². The summed E-state index contributed by atoms with van der Waals surface area (Å²) in [5, 5.41) is 4.96. The zero-order chi connectivity index (χ0) is 15.0. The Balaban J connectivity index is 2.29. The van der Waals surface area contributed by atoms with Crippen LogP contribution in [-0.2, 0) is 0 Å². The molecule has 3 rings (SSSR count). The average molecular weight is 298 g/mol. The number of nitrogens with one attached hydrogen (secondary N) is 1. The molecular weight excluding hydrogens is 282 g/mol. The highest BCUT2D eigenvalue weighted by Gasteiger charge is 2.12. The molecule has 0 saturated heterocycles. The van der Waals surface area contributed by atoms with Crippen LogP contribution in [0.25, 0.3) is 22.3 Å². The molecule has 0 aliphatic carbocycles. The van der Waals surface area contributed by atoms with Crippen LogP contribution in [0.5, 0.6) is 0 Å². The summed E-state index contributed by atoms with van der Waals surface area (Å²) < 4.78 is 0. The molecule has 0 aliphatic rings. The van der Waals surface area contributed by atoms with E-state index in [1.165, 1.54) is 0 Å². The number of nitrogens with zero attached hydrogens (tertiary/aromatic N) is 2. The van der Waals surface area contributed by atoms with Gasteiger partial charge in [0.05, 0.1) is 5.52 Å². The van der Waals surface area contributed by atoms with Gasteiger partial charge < -0.3 is 5.32 Å². The molecule has 0 aliphatic heterocycles. The van der Waals surface area contributed by atoms with E-state index in [1.807, 2.05) is 44.3 Å². The first-order valence-corrected chi connectivity index (χ1v) is 7.19. The van der Waals surface area contributed by atoms with Crippen LogP contribution in [0.15, 0.2) is 36.4 Å². The minimum Gasteiger partial charge on any atom is -0.373 e. The molecule has 1 aromatic heterocycles. The van der Waals surface area contributed by atoms with Gasteiger partial charge in [0, 0.05) is 23.0 Å². The van der Waals surface area contributed by atoms with Gasteiger partial charge in [0.2, 0.25) is 0 Å². The molecule has 3 aromatic rings. The molecule has 106 valence electrons. The molecule has 0 amide bonds. The van der Waals surface area contributed by atoms with Gasteiger partial charge in [-0.3, -0.25) is 0 Å². The van der Waals surface area contributed by atoms with E-state index in [0.29, 0.717) is 5.82 Å². The minimum absolute atomic E-state index is 0.714. The SMILES string of the molecule is CNc1nc(-c2ccc(Cl)cc2C)nc2cccc(C)c12. The van der Waals surface area contributed by atoms with Crippen molar-refractivity contribution in [2.45, 2.75) is 13.8 Å². The zero-order valence-corrected chi connectivity index (χ0v) is 13.0. The highest BCUT2D eigenvalue weighted by molar-refractivity contribution is 6.30. The molecule has 1 heterocycles. The first-order valence-electron chi connectivity index (χ1n) is 6.82. The molecule has 0 fully saturated rings. The summed E-state index contributed by atoms with van der Waals surface area (Å²) in [6, 6.07) is 11.9. The number of hydrogen-bond acceptors (Lipinski definition) is 3. The van der Waals surface area contributed by atoms with E-state index in [-0.39, 0.29) is 0 Å². The Bertz CT molecular complexity index is 828. The molecule has 4 heteroatoms. The summed E-state index contributed by atoms with van der Waals surface area (Å²) in [7, 11) is 1.88. The highest BCUT2D eigenvalue weighted by Crippen LogP contribution is 2.29. The van der Waals surface area contributed by atoms with Crippen LogP contribution in [0.4, 0.5) is 5.82 Å². The summed E-state index contributed by atoms with van der Waals surface area (Å²) >= 11 is 6.03. The third kappa shape index (κ3) is 2.45. The number of rotatable bonds is 2. The van der Waals surface area contributed by atoms with Gasteiger partial charge in [-0.15, -0.1) is 0 Å². The van der Waals surface area contributed by atoms with E-state index in [0.717, 1.165) is 38.4 Å². The standard InChI is InChI=1S/C17H16ClN3/c1-10-5-4-6-14-15(10)17(19-3)21-16(20-14)13-8-7-12(18)9-11(13)2/h4-9H,1-3H3,(H,19,20,21). The number of fused-ring (bicyclic) bond motifs is 1. The number of benzene rings is 2. The Hall–Kier alpha value is -2.13. The van der Waals surface area contributed by atoms with Gasteiger partial charge in [0.1, 0.15) is 5.82 Å². The van der Waals surface area contributed by atoms with E-state index in [4.69, 9.17) is 16.6 Å². The minimum atomic E-state index is 0.714. The van der Waals surface area contributed by atoms with Crippen LogP contribution in [0.3, 0.4) is 0 Å². The summed E-state index contributed by atoms with van der Waals surface area (Å²) in [5.74, 6) is 1.56. The zero-order valence-electron chi connectivity index (χ0n) is 12.2. The maximum Gasteiger partial charge on any atom is 0.162 e. The van der Waals surface area contributed by atoms with Crippen molar-refractivity contribution in [3.05, 3.63) is 52.5 Å². The van der Waals surface area contributed by atoms with Gasteiger partial charge in [-0.25, -0.2) is 9.97 Å². The molecule has 1 N–H and O–H groups in total. The molecular formula is C17H16ClN3. The fourth-order valence-corrected chi connectivity index (χ4v) is 2.76. The van der Waals surface area contributed by atoms with Crippen LogP contribution >= 0.6 is 11.6 Å². The van der Waals surface area contributed by atoms with Crippen molar-refractivity contribution in [2.75, 3.05) is 12.4 Å². The Morgan fingerprint density at radius 3 is 2.52 bits per heavy atom. The fraction of sp³-hybridized carbons (Fsp3) is 0.176. The maximum absolute atomic E-state index is 6.03. The fourth-order valence-electron chi connectivity index (χ4n) is 2.53. The lowest BCUT2D eigenvalue weighted by Crippen LogP contribution is -2.00. The van der Waals surface area contributed by atoms with Crippen LogP contribution in [0.2, 0.25) is 5.02 Å². The van der Waals surface area contributed by atoms with Crippen molar-refractivity contribution in [1.82, 2.24) is 9.97 Å². The Labute approximate surface area is 129 Å². The second kappa shape index (κ2) is 5.34. The summed E-state index contributed by atoms with van der Waals surface area (Å²) in [5.41, 5.74) is 4.17. The summed E-state index contributed by atoms with van der Waals surface area (Å²) in [6.07, 6.45) is 0. The first kappa shape index (κ1) is 13.8. The van der Waals surface area contributed by atoms with E-state index >= 15 is 0 Å². The second-order valence-electron chi connectivity index (χ2n) is 5.07. The topological polar surface area (TPSA) is 37.8 Å². The van der Waals surface area contributed by atoms with Crippen LogP contribution < -0.4 is 5.32 Å². The predicted molar refractivity (Wildman–Crippen MR) is 89.0 cm³/mol. The number of anilines is 1. The number of aryl methyl sites for hydroxylation is 2. The summed E-state index contributed by atoms with van der Waals surface area (Å²) in [6.45, 7) is 4.09. The second-order valence-corrected chi connectivity index (χ2v) is 5.51. The van der Waals surface area contributed by atoms with E-state index in [9.17, 15) is 0 Å². The normalized spacial score (nSPS) is 10.9. The molecule has 0 atom stereocenters. The summed E-state index contributed by atoms with van der Waals surface area (Å²) in [4.78, 5) is 9.39. The molecule has 0 saturated carbocycles. The molecule has 2 aromatic carbocycles.